The molecule has 5 nitrogen and oxygen atoms in total. The third-order valence-electron chi connectivity index (χ3n) is 3.91. The first kappa shape index (κ1) is 13.8. The van der Waals surface area contributed by atoms with Gasteiger partial charge in [0, 0.05) is 12.6 Å². The first-order valence-electron chi connectivity index (χ1n) is 7.36. The minimum absolute atomic E-state index is 0.0242. The van der Waals surface area contributed by atoms with Crippen LogP contribution in [-0.2, 0) is 4.79 Å². The van der Waals surface area contributed by atoms with Gasteiger partial charge in [0.25, 0.3) is 5.91 Å². The number of likely N-dealkylation sites (N-methyl/N-ethyl adjacent to an activating group) is 1. The van der Waals surface area contributed by atoms with E-state index in [9.17, 15) is 4.79 Å². The molecule has 21 heavy (non-hydrogen) atoms. The van der Waals surface area contributed by atoms with Crippen LogP contribution in [0, 0.1) is 6.92 Å². The smallest absolute Gasteiger partial charge is 0.252 e. The lowest BCUT2D eigenvalue weighted by Gasteiger charge is -2.27. The molecule has 2 unspecified atom stereocenters. The van der Waals surface area contributed by atoms with Gasteiger partial charge in [-0.25, -0.2) is 0 Å². The Hall–Kier alpha value is -2.17. The number of hydrazone groups is 1. The molecule has 0 saturated carbocycles. The number of fused-ring (bicyclic) bond motifs is 1. The summed E-state index contributed by atoms with van der Waals surface area (Å²) in [7, 11) is 1.84. The van der Waals surface area contributed by atoms with Gasteiger partial charge in [-0.3, -0.25) is 14.8 Å². The number of hydrogen-bond donors (Lipinski definition) is 1. The summed E-state index contributed by atoms with van der Waals surface area (Å²) in [6.07, 6.45) is 1.89. The number of hydrogen-bond acceptors (Lipinski definition) is 4. The minimum atomic E-state index is -0.305. The number of benzene rings is 1. The van der Waals surface area contributed by atoms with Gasteiger partial charge in [-0.05, 0) is 19.4 Å². The molecule has 1 amide bonds. The van der Waals surface area contributed by atoms with Crippen LogP contribution in [0.2, 0.25) is 0 Å². The number of aliphatic imine (C=N–C) groups is 1. The molecular weight excluding hydrogens is 264 g/mol. The fourth-order valence-electron chi connectivity index (χ4n) is 2.92. The lowest BCUT2D eigenvalue weighted by Crippen LogP contribution is -2.54. The Morgan fingerprint density at radius 2 is 2.19 bits per heavy atom. The lowest BCUT2D eigenvalue weighted by molar-refractivity contribution is -0.124. The topological polar surface area (TPSA) is 57.1 Å². The molecule has 1 aromatic rings. The quantitative estimate of drug-likeness (QED) is 0.918. The van der Waals surface area contributed by atoms with E-state index in [2.05, 4.69) is 17.3 Å². The monoisotopic (exact) mass is 284 g/mol. The molecule has 1 aromatic carbocycles. The molecular formula is C16H20N4O. The van der Waals surface area contributed by atoms with Gasteiger partial charge in [0.05, 0.1) is 5.71 Å². The lowest BCUT2D eigenvalue weighted by atomic mass is 9.98. The SMILES string of the molecule is CCCC1=NN(C)C2C(=O)NC(c3cccc(C)c3)=NC12. The molecule has 0 radical (unpaired) electrons. The van der Waals surface area contributed by atoms with E-state index in [1.54, 1.807) is 5.01 Å². The molecule has 1 N–H and O–H groups in total. The molecule has 0 saturated heterocycles. The fraction of sp³-hybridized carbons (Fsp3) is 0.438. The van der Waals surface area contributed by atoms with Crippen LogP contribution in [-0.4, -0.2) is 41.6 Å². The van der Waals surface area contributed by atoms with Crippen molar-refractivity contribution >= 4 is 17.5 Å². The van der Waals surface area contributed by atoms with Gasteiger partial charge in [-0.1, -0.05) is 37.1 Å². The number of rotatable bonds is 3. The zero-order valence-corrected chi connectivity index (χ0v) is 12.6. The normalized spacial score (nSPS) is 24.3. The van der Waals surface area contributed by atoms with E-state index in [-0.39, 0.29) is 18.0 Å². The second kappa shape index (κ2) is 5.31. The van der Waals surface area contributed by atoms with Crippen molar-refractivity contribution in [3.63, 3.8) is 0 Å². The van der Waals surface area contributed by atoms with E-state index >= 15 is 0 Å². The molecule has 0 spiro atoms. The molecule has 3 rings (SSSR count). The summed E-state index contributed by atoms with van der Waals surface area (Å²) in [4.78, 5) is 17.2. The van der Waals surface area contributed by atoms with Crippen molar-refractivity contribution < 1.29 is 4.79 Å². The third-order valence-corrected chi connectivity index (χ3v) is 3.91. The molecule has 0 aliphatic carbocycles. The van der Waals surface area contributed by atoms with Gasteiger partial charge in [-0.15, -0.1) is 0 Å². The number of amidine groups is 1. The van der Waals surface area contributed by atoms with Gasteiger partial charge in [0.2, 0.25) is 0 Å². The summed E-state index contributed by atoms with van der Waals surface area (Å²) in [5, 5.41) is 9.16. The highest BCUT2D eigenvalue weighted by Gasteiger charge is 2.43. The van der Waals surface area contributed by atoms with E-state index in [0.29, 0.717) is 5.84 Å². The Bertz CT molecular complexity index is 635. The van der Waals surface area contributed by atoms with Crippen molar-refractivity contribution in [1.82, 2.24) is 10.3 Å². The molecule has 0 aromatic heterocycles. The highest BCUT2D eigenvalue weighted by atomic mass is 16.2. The zero-order chi connectivity index (χ0) is 15.0. The van der Waals surface area contributed by atoms with Crippen molar-refractivity contribution in [3.05, 3.63) is 35.4 Å². The van der Waals surface area contributed by atoms with Crippen LogP contribution >= 0.6 is 0 Å². The molecule has 2 heterocycles. The van der Waals surface area contributed by atoms with Crippen LogP contribution in [0.3, 0.4) is 0 Å². The van der Waals surface area contributed by atoms with Crippen molar-refractivity contribution in [2.24, 2.45) is 10.1 Å². The average molecular weight is 284 g/mol. The highest BCUT2D eigenvalue weighted by molar-refractivity contribution is 6.14. The van der Waals surface area contributed by atoms with Crippen molar-refractivity contribution in [2.45, 2.75) is 38.8 Å². The summed E-state index contributed by atoms with van der Waals surface area (Å²) in [5.74, 6) is 0.632. The van der Waals surface area contributed by atoms with Crippen LogP contribution in [0.1, 0.15) is 30.9 Å². The third kappa shape index (κ3) is 2.44. The van der Waals surface area contributed by atoms with Crippen molar-refractivity contribution in [3.8, 4) is 0 Å². The minimum Gasteiger partial charge on any atom is -0.309 e. The molecule has 110 valence electrons. The molecule has 5 heteroatoms. The highest BCUT2D eigenvalue weighted by Crippen LogP contribution is 2.24. The summed E-state index contributed by atoms with van der Waals surface area (Å²) < 4.78 is 0. The van der Waals surface area contributed by atoms with Gasteiger partial charge < -0.3 is 5.32 Å². The Morgan fingerprint density at radius 3 is 2.90 bits per heavy atom. The maximum Gasteiger partial charge on any atom is 0.252 e. The number of carbonyl (C=O) groups excluding carboxylic acids is 1. The Labute approximate surface area is 124 Å². The average Bonchev–Trinajstić information content (AvgIpc) is 2.76. The Morgan fingerprint density at radius 1 is 1.38 bits per heavy atom. The number of carbonyl (C=O) groups is 1. The van der Waals surface area contributed by atoms with E-state index in [0.717, 1.165) is 29.7 Å². The largest absolute Gasteiger partial charge is 0.309 e. The molecule has 0 bridgehead atoms. The predicted molar refractivity (Wildman–Crippen MR) is 83.5 cm³/mol. The summed E-state index contributed by atoms with van der Waals surface area (Å²) in [6.45, 7) is 4.15. The van der Waals surface area contributed by atoms with Crippen LogP contribution in [0.15, 0.2) is 34.4 Å². The molecule has 0 fully saturated rings. The summed E-state index contributed by atoms with van der Waals surface area (Å²) in [5.41, 5.74) is 3.11. The fourth-order valence-corrected chi connectivity index (χ4v) is 2.92. The maximum atomic E-state index is 12.4. The zero-order valence-electron chi connectivity index (χ0n) is 12.6. The van der Waals surface area contributed by atoms with E-state index in [1.807, 2.05) is 38.2 Å². The molecule has 2 aliphatic heterocycles. The van der Waals surface area contributed by atoms with Gasteiger partial charge >= 0.3 is 0 Å². The molecule has 2 atom stereocenters. The van der Waals surface area contributed by atoms with Gasteiger partial charge in [-0.2, -0.15) is 5.10 Å². The summed E-state index contributed by atoms with van der Waals surface area (Å²) in [6, 6.07) is 7.56. The first-order chi connectivity index (χ1) is 10.1. The van der Waals surface area contributed by atoms with Gasteiger partial charge in [0.1, 0.15) is 11.9 Å². The number of aryl methyl sites for hydroxylation is 1. The standard InChI is InChI=1S/C16H20N4O/c1-4-6-12-13-14(20(3)19-12)16(21)18-15(17-13)11-8-5-7-10(2)9-11/h5,7-9,13-14H,4,6H2,1-3H3,(H,17,18,21). The second-order valence-corrected chi connectivity index (χ2v) is 5.64. The first-order valence-corrected chi connectivity index (χ1v) is 7.36. The van der Waals surface area contributed by atoms with E-state index in [1.165, 1.54) is 0 Å². The number of amides is 1. The predicted octanol–water partition coefficient (Wildman–Crippen LogP) is 1.71. The van der Waals surface area contributed by atoms with Crippen molar-refractivity contribution in [1.29, 1.82) is 0 Å². The van der Waals surface area contributed by atoms with Crippen LogP contribution in [0.5, 0.6) is 0 Å². The number of nitrogens with zero attached hydrogens (tertiary/aromatic N) is 3. The van der Waals surface area contributed by atoms with Crippen LogP contribution in [0.4, 0.5) is 0 Å². The second-order valence-electron chi connectivity index (χ2n) is 5.64. The van der Waals surface area contributed by atoms with E-state index in [4.69, 9.17) is 4.99 Å². The van der Waals surface area contributed by atoms with Crippen LogP contribution in [0.25, 0.3) is 0 Å². The van der Waals surface area contributed by atoms with E-state index < -0.39 is 0 Å². The Balaban J connectivity index is 1.98. The Kier molecular flexibility index (Phi) is 3.49. The summed E-state index contributed by atoms with van der Waals surface area (Å²) >= 11 is 0. The van der Waals surface area contributed by atoms with Gasteiger partial charge in [0.15, 0.2) is 6.04 Å². The molecule has 2 aliphatic rings. The van der Waals surface area contributed by atoms with Crippen LogP contribution < -0.4 is 5.32 Å². The number of nitrogens with one attached hydrogen (secondary N) is 1. The maximum absolute atomic E-state index is 12.4. The van der Waals surface area contributed by atoms with Crippen molar-refractivity contribution in [2.75, 3.05) is 7.05 Å².